The first-order valence-corrected chi connectivity index (χ1v) is 3.79. The molecular weight excluding hydrogens is 138 g/mol. The molecule has 60 valence electrons. The molecule has 1 rings (SSSR count). The van der Waals surface area contributed by atoms with Crippen molar-refractivity contribution < 1.29 is 0 Å². The molecule has 11 heavy (non-hydrogen) atoms. The summed E-state index contributed by atoms with van der Waals surface area (Å²) in [5, 5.41) is 6.99. The van der Waals surface area contributed by atoms with Gasteiger partial charge in [0.05, 0.1) is 6.33 Å². The van der Waals surface area contributed by atoms with Crippen LogP contribution >= 0.6 is 0 Å². The maximum atomic E-state index is 6.99. The molecule has 0 amide bonds. The Hall–Kier alpha value is -1.12. The van der Waals surface area contributed by atoms with Crippen molar-refractivity contribution in [3.8, 4) is 0 Å². The molecule has 0 spiro atoms. The first-order chi connectivity index (χ1) is 5.33. The summed E-state index contributed by atoms with van der Waals surface area (Å²) < 4.78 is 2.03. The number of aryl methyl sites for hydroxylation is 1. The Labute approximate surface area is 66.6 Å². The highest BCUT2D eigenvalue weighted by atomic mass is 15.0. The fourth-order valence-electron chi connectivity index (χ4n) is 0.855. The zero-order valence-electron chi connectivity index (χ0n) is 6.70. The number of aromatic nitrogens is 2. The first kappa shape index (κ1) is 7.98. The van der Waals surface area contributed by atoms with Gasteiger partial charge in [0.15, 0.2) is 0 Å². The lowest BCUT2D eigenvalue weighted by molar-refractivity contribution is 0.579. The van der Waals surface area contributed by atoms with E-state index in [0.717, 1.165) is 13.0 Å². The van der Waals surface area contributed by atoms with E-state index in [9.17, 15) is 0 Å². The van der Waals surface area contributed by atoms with Gasteiger partial charge < -0.3 is 9.98 Å². The van der Waals surface area contributed by atoms with E-state index in [0.29, 0.717) is 5.92 Å². The van der Waals surface area contributed by atoms with Crippen LogP contribution in [0.1, 0.15) is 13.3 Å². The average Bonchev–Trinajstić information content (AvgIpc) is 2.52. The van der Waals surface area contributed by atoms with Crippen LogP contribution in [-0.2, 0) is 6.54 Å². The predicted octanol–water partition coefficient (Wildman–Crippen LogP) is 1.56. The summed E-state index contributed by atoms with van der Waals surface area (Å²) in [5.41, 5.74) is 0. The second-order valence-corrected chi connectivity index (χ2v) is 2.73. The van der Waals surface area contributed by atoms with Gasteiger partial charge in [0, 0.05) is 18.9 Å². The van der Waals surface area contributed by atoms with Crippen molar-refractivity contribution in [1.29, 1.82) is 5.41 Å². The molecular formula is C8H13N3. The standard InChI is InChI=1S/C8H13N3/c1-8(6-9)2-4-11-5-3-10-7-11/h3,5-9H,2,4H2,1H3. The fourth-order valence-corrected chi connectivity index (χ4v) is 0.855. The first-order valence-electron chi connectivity index (χ1n) is 3.79. The smallest absolute Gasteiger partial charge is 0.0945 e. The molecule has 0 fully saturated rings. The summed E-state index contributed by atoms with van der Waals surface area (Å²) in [6.45, 7) is 3.00. The molecule has 1 aromatic heterocycles. The highest BCUT2D eigenvalue weighted by molar-refractivity contribution is 5.55. The number of nitrogens with zero attached hydrogens (tertiary/aromatic N) is 2. The Morgan fingerprint density at radius 1 is 1.73 bits per heavy atom. The summed E-state index contributed by atoms with van der Waals surface area (Å²) in [7, 11) is 0. The highest BCUT2D eigenvalue weighted by Gasteiger charge is 1.96. The van der Waals surface area contributed by atoms with E-state index in [1.807, 2.05) is 17.7 Å². The van der Waals surface area contributed by atoms with E-state index in [1.165, 1.54) is 6.21 Å². The summed E-state index contributed by atoms with van der Waals surface area (Å²) in [5.74, 6) is 0.373. The summed E-state index contributed by atoms with van der Waals surface area (Å²) in [6, 6.07) is 0. The maximum absolute atomic E-state index is 6.99. The van der Waals surface area contributed by atoms with Crippen molar-refractivity contribution in [3.63, 3.8) is 0 Å². The average molecular weight is 151 g/mol. The zero-order chi connectivity index (χ0) is 8.10. The zero-order valence-corrected chi connectivity index (χ0v) is 6.70. The van der Waals surface area contributed by atoms with Gasteiger partial charge in [0.25, 0.3) is 0 Å². The van der Waals surface area contributed by atoms with Crippen LogP contribution in [0.25, 0.3) is 0 Å². The monoisotopic (exact) mass is 151 g/mol. The minimum atomic E-state index is 0.373. The number of imidazole rings is 1. The van der Waals surface area contributed by atoms with Crippen molar-refractivity contribution in [2.24, 2.45) is 5.92 Å². The lowest BCUT2D eigenvalue weighted by Crippen LogP contribution is -2.02. The number of hydrogen-bond acceptors (Lipinski definition) is 2. The Bertz CT molecular complexity index is 203. The molecule has 0 saturated heterocycles. The number of rotatable bonds is 4. The van der Waals surface area contributed by atoms with E-state index in [2.05, 4.69) is 4.98 Å². The van der Waals surface area contributed by atoms with Crippen LogP contribution in [0.5, 0.6) is 0 Å². The van der Waals surface area contributed by atoms with Crippen LogP contribution in [-0.4, -0.2) is 15.8 Å². The summed E-state index contributed by atoms with van der Waals surface area (Å²) in [4.78, 5) is 3.93. The van der Waals surface area contributed by atoms with E-state index < -0.39 is 0 Å². The lowest BCUT2D eigenvalue weighted by atomic mass is 10.1. The lowest BCUT2D eigenvalue weighted by Gasteiger charge is -2.04. The van der Waals surface area contributed by atoms with E-state index in [1.54, 1.807) is 12.5 Å². The minimum Gasteiger partial charge on any atom is -0.337 e. The summed E-state index contributed by atoms with van der Waals surface area (Å²) in [6.07, 6.45) is 8.01. The highest BCUT2D eigenvalue weighted by Crippen LogP contribution is 2.00. The SMILES string of the molecule is CC(C=N)CCn1ccnc1. The third-order valence-corrected chi connectivity index (χ3v) is 1.69. The van der Waals surface area contributed by atoms with E-state index in [4.69, 9.17) is 5.41 Å². The molecule has 1 unspecified atom stereocenters. The van der Waals surface area contributed by atoms with Crippen molar-refractivity contribution >= 4 is 6.21 Å². The van der Waals surface area contributed by atoms with Crippen LogP contribution in [0.3, 0.4) is 0 Å². The van der Waals surface area contributed by atoms with Gasteiger partial charge in [-0.3, -0.25) is 0 Å². The van der Waals surface area contributed by atoms with Crippen molar-refractivity contribution in [1.82, 2.24) is 9.55 Å². The molecule has 0 aliphatic rings. The number of hydrogen-bond donors (Lipinski definition) is 1. The normalized spacial score (nSPS) is 12.8. The third-order valence-electron chi connectivity index (χ3n) is 1.69. The second kappa shape index (κ2) is 3.91. The van der Waals surface area contributed by atoms with Crippen LogP contribution < -0.4 is 0 Å². The van der Waals surface area contributed by atoms with Crippen molar-refractivity contribution in [2.45, 2.75) is 19.9 Å². The quantitative estimate of drug-likeness (QED) is 0.652. The van der Waals surface area contributed by atoms with Gasteiger partial charge in [-0.1, -0.05) is 6.92 Å². The van der Waals surface area contributed by atoms with Crippen LogP contribution in [0, 0.1) is 11.3 Å². The van der Waals surface area contributed by atoms with Crippen molar-refractivity contribution in [2.75, 3.05) is 0 Å². The van der Waals surface area contributed by atoms with Gasteiger partial charge in [0.2, 0.25) is 0 Å². The largest absolute Gasteiger partial charge is 0.337 e. The van der Waals surface area contributed by atoms with Gasteiger partial charge >= 0.3 is 0 Å². The van der Waals surface area contributed by atoms with Gasteiger partial charge in [-0.15, -0.1) is 0 Å². The molecule has 0 radical (unpaired) electrons. The molecule has 1 heterocycles. The molecule has 0 aliphatic heterocycles. The van der Waals surface area contributed by atoms with Gasteiger partial charge in [-0.05, 0) is 18.6 Å². The van der Waals surface area contributed by atoms with Gasteiger partial charge in [-0.25, -0.2) is 4.98 Å². The number of nitrogens with one attached hydrogen (secondary N) is 1. The van der Waals surface area contributed by atoms with Crippen LogP contribution in [0.4, 0.5) is 0 Å². The fraction of sp³-hybridized carbons (Fsp3) is 0.500. The third kappa shape index (κ3) is 2.53. The molecule has 3 heteroatoms. The van der Waals surface area contributed by atoms with E-state index in [-0.39, 0.29) is 0 Å². The molecule has 0 aromatic carbocycles. The van der Waals surface area contributed by atoms with Gasteiger partial charge in [-0.2, -0.15) is 0 Å². The molecule has 0 saturated carbocycles. The topological polar surface area (TPSA) is 41.7 Å². The Morgan fingerprint density at radius 3 is 3.09 bits per heavy atom. The van der Waals surface area contributed by atoms with Crippen molar-refractivity contribution in [3.05, 3.63) is 18.7 Å². The molecule has 0 bridgehead atoms. The van der Waals surface area contributed by atoms with Crippen LogP contribution in [0.15, 0.2) is 18.7 Å². The molecule has 0 aliphatic carbocycles. The second-order valence-electron chi connectivity index (χ2n) is 2.73. The minimum absolute atomic E-state index is 0.373. The van der Waals surface area contributed by atoms with E-state index >= 15 is 0 Å². The molecule has 1 aromatic rings. The maximum Gasteiger partial charge on any atom is 0.0945 e. The Kier molecular flexibility index (Phi) is 2.83. The Balaban J connectivity index is 2.28. The molecule has 1 N–H and O–H groups in total. The van der Waals surface area contributed by atoms with Gasteiger partial charge in [0.1, 0.15) is 0 Å². The molecule has 3 nitrogen and oxygen atoms in total. The summed E-state index contributed by atoms with van der Waals surface area (Å²) >= 11 is 0. The Morgan fingerprint density at radius 2 is 2.55 bits per heavy atom. The predicted molar refractivity (Wildman–Crippen MR) is 44.8 cm³/mol. The van der Waals surface area contributed by atoms with Crippen LogP contribution in [0.2, 0.25) is 0 Å². The molecule has 1 atom stereocenters.